The topological polar surface area (TPSA) is 20.3 Å². The predicted molar refractivity (Wildman–Crippen MR) is 69.8 cm³/mol. The van der Waals surface area contributed by atoms with Gasteiger partial charge in [-0.05, 0) is 25.0 Å². The maximum atomic E-state index is 13.2. The highest BCUT2D eigenvalue weighted by Crippen LogP contribution is 2.25. The molecule has 1 aliphatic carbocycles. The maximum Gasteiger partial charge on any atom is 0.254 e. The van der Waals surface area contributed by atoms with Crippen LogP contribution >= 0.6 is 0 Å². The van der Waals surface area contributed by atoms with E-state index >= 15 is 0 Å². The number of carbonyl (C=O) groups is 1. The van der Waals surface area contributed by atoms with Gasteiger partial charge in [0, 0.05) is 18.2 Å². The Morgan fingerprint density at radius 2 is 1.80 bits per heavy atom. The molecule has 0 bridgehead atoms. The summed E-state index contributed by atoms with van der Waals surface area (Å²) in [7, 11) is 0. The summed E-state index contributed by atoms with van der Waals surface area (Å²) in [5.41, 5.74) is -0.171. The highest BCUT2D eigenvalue weighted by Gasteiger charge is 2.27. The zero-order valence-corrected chi connectivity index (χ0v) is 11.0. The summed E-state index contributed by atoms with van der Waals surface area (Å²) in [5.74, 6) is -4.75. The lowest BCUT2D eigenvalue weighted by atomic mass is 10.1. The molecule has 1 saturated carbocycles. The highest BCUT2D eigenvalue weighted by molar-refractivity contribution is 5.94. The average molecular weight is 283 g/mol. The minimum Gasteiger partial charge on any atom is -0.332 e. The molecule has 0 aliphatic heterocycles. The van der Waals surface area contributed by atoms with E-state index in [9.17, 15) is 18.0 Å². The first-order valence-corrected chi connectivity index (χ1v) is 6.61. The molecular formula is C15H16F3NO. The summed E-state index contributed by atoms with van der Waals surface area (Å²) in [6.07, 6.45) is 5.36. The number of amides is 1. The van der Waals surface area contributed by atoms with Crippen molar-refractivity contribution in [3.05, 3.63) is 47.8 Å². The lowest BCUT2D eigenvalue weighted by Crippen LogP contribution is -2.39. The van der Waals surface area contributed by atoms with Gasteiger partial charge in [0.15, 0.2) is 17.5 Å². The molecule has 1 fully saturated rings. The van der Waals surface area contributed by atoms with Crippen LogP contribution in [-0.2, 0) is 0 Å². The van der Waals surface area contributed by atoms with Crippen molar-refractivity contribution in [2.24, 2.45) is 0 Å². The molecular weight excluding hydrogens is 267 g/mol. The van der Waals surface area contributed by atoms with E-state index in [1.54, 1.807) is 11.0 Å². The summed E-state index contributed by atoms with van der Waals surface area (Å²) in [5, 5.41) is 0. The van der Waals surface area contributed by atoms with Gasteiger partial charge in [-0.25, -0.2) is 13.2 Å². The van der Waals surface area contributed by atoms with Crippen molar-refractivity contribution in [2.45, 2.75) is 31.7 Å². The molecule has 1 aromatic carbocycles. The first-order chi connectivity index (χ1) is 9.54. The van der Waals surface area contributed by atoms with Crippen LogP contribution in [0.1, 0.15) is 36.0 Å². The van der Waals surface area contributed by atoms with E-state index in [1.807, 2.05) is 0 Å². The second kappa shape index (κ2) is 6.11. The second-order valence-corrected chi connectivity index (χ2v) is 4.94. The van der Waals surface area contributed by atoms with Crippen LogP contribution in [0.4, 0.5) is 13.2 Å². The fraction of sp³-hybridized carbons (Fsp3) is 0.400. The first kappa shape index (κ1) is 14.6. The van der Waals surface area contributed by atoms with Gasteiger partial charge < -0.3 is 4.90 Å². The molecule has 1 amide bonds. The molecule has 2 rings (SSSR count). The number of benzene rings is 1. The molecule has 0 atom stereocenters. The minimum absolute atomic E-state index is 0.0525. The third kappa shape index (κ3) is 2.86. The van der Waals surface area contributed by atoms with Crippen LogP contribution in [0, 0.1) is 17.5 Å². The van der Waals surface area contributed by atoms with Crippen molar-refractivity contribution in [3.63, 3.8) is 0 Å². The molecule has 108 valence electrons. The molecule has 0 aromatic heterocycles. The summed E-state index contributed by atoms with van der Waals surface area (Å²) in [6, 6.07) is 1.54. The number of hydrogen-bond acceptors (Lipinski definition) is 1. The summed E-state index contributed by atoms with van der Waals surface area (Å²) >= 11 is 0. The van der Waals surface area contributed by atoms with Crippen molar-refractivity contribution in [2.75, 3.05) is 6.54 Å². The molecule has 0 radical (unpaired) electrons. The van der Waals surface area contributed by atoms with Crippen molar-refractivity contribution < 1.29 is 18.0 Å². The Kier molecular flexibility index (Phi) is 4.47. The van der Waals surface area contributed by atoms with Gasteiger partial charge >= 0.3 is 0 Å². The van der Waals surface area contributed by atoms with E-state index in [-0.39, 0.29) is 11.6 Å². The van der Waals surface area contributed by atoms with E-state index in [4.69, 9.17) is 0 Å². The third-order valence-electron chi connectivity index (χ3n) is 3.58. The van der Waals surface area contributed by atoms with E-state index in [1.165, 1.54) is 0 Å². The Labute approximate surface area is 115 Å². The molecule has 5 heteroatoms. The Bertz CT molecular complexity index is 501. The standard InChI is InChI=1S/C15H16F3NO/c1-2-7-19(11-5-3-4-6-11)15(20)10-8-12(16)14(18)13(17)9-10/h2,8-9,11H,1,3-7H2. The molecule has 20 heavy (non-hydrogen) atoms. The van der Waals surface area contributed by atoms with E-state index in [0.717, 1.165) is 37.8 Å². The number of hydrogen-bond donors (Lipinski definition) is 0. The molecule has 1 aromatic rings. The smallest absolute Gasteiger partial charge is 0.254 e. The van der Waals surface area contributed by atoms with Crippen molar-refractivity contribution in [3.8, 4) is 0 Å². The van der Waals surface area contributed by atoms with E-state index in [0.29, 0.717) is 6.54 Å². The lowest BCUT2D eigenvalue weighted by molar-refractivity contribution is 0.0705. The largest absolute Gasteiger partial charge is 0.332 e. The van der Waals surface area contributed by atoms with Crippen molar-refractivity contribution in [1.82, 2.24) is 4.90 Å². The molecule has 1 aliphatic rings. The molecule has 0 N–H and O–H groups in total. The molecule has 0 spiro atoms. The molecule has 2 nitrogen and oxygen atoms in total. The van der Waals surface area contributed by atoms with Crippen LogP contribution in [0.3, 0.4) is 0 Å². The maximum absolute atomic E-state index is 13.2. The number of carbonyl (C=O) groups excluding carboxylic acids is 1. The van der Waals surface area contributed by atoms with Crippen LogP contribution < -0.4 is 0 Å². The van der Waals surface area contributed by atoms with Gasteiger partial charge in [-0.2, -0.15) is 0 Å². The van der Waals surface area contributed by atoms with Gasteiger partial charge in [0.1, 0.15) is 0 Å². The Hall–Kier alpha value is -1.78. The molecule has 0 heterocycles. The van der Waals surface area contributed by atoms with Gasteiger partial charge in [0.2, 0.25) is 0 Å². The Balaban J connectivity index is 2.29. The van der Waals surface area contributed by atoms with Gasteiger partial charge in [-0.15, -0.1) is 6.58 Å². The van der Waals surface area contributed by atoms with Gasteiger partial charge in [-0.3, -0.25) is 4.79 Å². The van der Waals surface area contributed by atoms with Crippen molar-refractivity contribution >= 4 is 5.91 Å². The molecule has 0 unspecified atom stereocenters. The fourth-order valence-corrected chi connectivity index (χ4v) is 2.60. The van der Waals surface area contributed by atoms with Crippen LogP contribution in [-0.4, -0.2) is 23.4 Å². The lowest BCUT2D eigenvalue weighted by Gasteiger charge is -2.28. The van der Waals surface area contributed by atoms with Crippen LogP contribution in [0.2, 0.25) is 0 Å². The monoisotopic (exact) mass is 283 g/mol. The summed E-state index contributed by atoms with van der Waals surface area (Å²) in [6.45, 7) is 3.90. The number of rotatable bonds is 4. The second-order valence-electron chi connectivity index (χ2n) is 4.94. The minimum atomic E-state index is -1.56. The first-order valence-electron chi connectivity index (χ1n) is 6.61. The Morgan fingerprint density at radius 1 is 1.25 bits per heavy atom. The predicted octanol–water partition coefficient (Wildman–Crippen LogP) is 3.67. The SMILES string of the molecule is C=CCN(C(=O)c1cc(F)c(F)c(F)c1)C1CCCC1. The third-order valence-corrected chi connectivity index (χ3v) is 3.58. The summed E-state index contributed by atoms with van der Waals surface area (Å²) in [4.78, 5) is 13.9. The zero-order valence-electron chi connectivity index (χ0n) is 11.0. The van der Waals surface area contributed by atoms with Crippen molar-refractivity contribution in [1.29, 1.82) is 0 Å². The van der Waals surface area contributed by atoms with E-state index in [2.05, 4.69) is 6.58 Å². The number of halogens is 3. The van der Waals surface area contributed by atoms with Gasteiger partial charge in [0.25, 0.3) is 5.91 Å². The fourth-order valence-electron chi connectivity index (χ4n) is 2.60. The molecule has 0 saturated heterocycles. The quantitative estimate of drug-likeness (QED) is 0.610. The average Bonchev–Trinajstić information content (AvgIpc) is 2.94. The zero-order chi connectivity index (χ0) is 14.7. The van der Waals surface area contributed by atoms with Gasteiger partial charge in [0.05, 0.1) is 0 Å². The number of nitrogens with zero attached hydrogens (tertiary/aromatic N) is 1. The van der Waals surface area contributed by atoms with E-state index < -0.39 is 23.4 Å². The van der Waals surface area contributed by atoms with Gasteiger partial charge in [-0.1, -0.05) is 18.9 Å². The van der Waals surface area contributed by atoms with Crippen LogP contribution in [0.15, 0.2) is 24.8 Å². The normalized spacial score (nSPS) is 15.3. The van der Waals surface area contributed by atoms with Crippen LogP contribution in [0.25, 0.3) is 0 Å². The highest BCUT2D eigenvalue weighted by atomic mass is 19.2. The summed E-state index contributed by atoms with van der Waals surface area (Å²) < 4.78 is 39.4. The Morgan fingerprint density at radius 3 is 2.30 bits per heavy atom. The van der Waals surface area contributed by atoms with Crippen LogP contribution in [0.5, 0.6) is 0 Å².